The van der Waals surface area contributed by atoms with Crippen molar-refractivity contribution >= 4 is 35.2 Å². The molecular formula is C20H28Cl2N2O4. The molecule has 6 nitrogen and oxygen atoms in total. The number of carbonyl (C=O) groups excluding carboxylic acids is 2. The highest BCUT2D eigenvalue weighted by Crippen LogP contribution is 2.25. The fourth-order valence-corrected chi connectivity index (χ4v) is 3.47. The molecule has 0 aliphatic carbocycles. The van der Waals surface area contributed by atoms with Gasteiger partial charge in [-0.15, -0.1) is 0 Å². The van der Waals surface area contributed by atoms with Gasteiger partial charge >= 0.3 is 6.09 Å². The number of carbonyl (C=O) groups is 2. The van der Waals surface area contributed by atoms with E-state index in [1.54, 1.807) is 30.0 Å². The summed E-state index contributed by atoms with van der Waals surface area (Å²) in [5, 5.41) is 3.79. The molecule has 1 N–H and O–H groups in total. The molecule has 8 heteroatoms. The molecule has 0 spiro atoms. The molecule has 156 valence electrons. The zero-order chi connectivity index (χ0) is 20.9. The largest absolute Gasteiger partial charge is 0.481 e. The highest BCUT2D eigenvalue weighted by molar-refractivity contribution is 6.34. The van der Waals surface area contributed by atoms with E-state index in [0.717, 1.165) is 12.8 Å². The van der Waals surface area contributed by atoms with Crippen LogP contribution in [0, 0.1) is 5.92 Å². The van der Waals surface area contributed by atoms with E-state index in [2.05, 4.69) is 5.32 Å². The number of piperidine rings is 1. The summed E-state index contributed by atoms with van der Waals surface area (Å²) >= 11 is 11.9. The van der Waals surface area contributed by atoms with Crippen LogP contribution in [-0.4, -0.2) is 48.2 Å². The molecule has 1 aliphatic rings. The Labute approximate surface area is 176 Å². The second-order valence-corrected chi connectivity index (χ2v) is 8.92. The van der Waals surface area contributed by atoms with E-state index >= 15 is 0 Å². The lowest BCUT2D eigenvalue weighted by Gasteiger charge is -2.34. The van der Waals surface area contributed by atoms with E-state index < -0.39 is 11.7 Å². The van der Waals surface area contributed by atoms with Gasteiger partial charge in [0.05, 0.1) is 0 Å². The smallest absolute Gasteiger partial charge is 0.410 e. The zero-order valence-electron chi connectivity index (χ0n) is 16.8. The van der Waals surface area contributed by atoms with Crippen LogP contribution in [0.4, 0.5) is 4.79 Å². The molecule has 0 saturated carbocycles. The summed E-state index contributed by atoms with van der Waals surface area (Å²) in [5.74, 6) is 0.387. The fraction of sp³-hybridized carbons (Fsp3) is 0.600. The van der Waals surface area contributed by atoms with Crippen LogP contribution in [0.15, 0.2) is 18.2 Å². The summed E-state index contributed by atoms with van der Waals surface area (Å²) < 4.78 is 11.1. The second kappa shape index (κ2) is 9.70. The van der Waals surface area contributed by atoms with Crippen LogP contribution < -0.4 is 10.1 Å². The third-order valence-electron chi connectivity index (χ3n) is 4.25. The zero-order valence-corrected chi connectivity index (χ0v) is 18.3. The van der Waals surface area contributed by atoms with Crippen molar-refractivity contribution in [2.75, 3.05) is 19.6 Å². The van der Waals surface area contributed by atoms with Crippen LogP contribution in [0.5, 0.6) is 5.75 Å². The molecule has 1 saturated heterocycles. The van der Waals surface area contributed by atoms with Gasteiger partial charge in [0.15, 0.2) is 6.10 Å². The molecule has 0 bridgehead atoms. The third kappa shape index (κ3) is 7.40. The maximum Gasteiger partial charge on any atom is 0.410 e. The quantitative estimate of drug-likeness (QED) is 0.744. The number of nitrogens with zero attached hydrogens (tertiary/aromatic N) is 1. The normalized spacial score (nSPS) is 18.4. The Morgan fingerprint density at radius 2 is 1.89 bits per heavy atom. The molecule has 2 atom stereocenters. The van der Waals surface area contributed by atoms with Crippen molar-refractivity contribution in [2.24, 2.45) is 5.92 Å². The number of amides is 2. The number of hydrogen-bond donors (Lipinski definition) is 1. The van der Waals surface area contributed by atoms with E-state index in [1.165, 1.54) is 0 Å². The van der Waals surface area contributed by atoms with Gasteiger partial charge in [0.25, 0.3) is 5.91 Å². The molecule has 1 aliphatic heterocycles. The molecule has 2 unspecified atom stereocenters. The van der Waals surface area contributed by atoms with Gasteiger partial charge < -0.3 is 19.7 Å². The Bertz CT molecular complexity index is 686. The number of nitrogens with one attached hydrogen (secondary N) is 1. The van der Waals surface area contributed by atoms with Crippen LogP contribution in [0.1, 0.15) is 40.5 Å². The van der Waals surface area contributed by atoms with Gasteiger partial charge in [-0.05, 0) is 64.7 Å². The summed E-state index contributed by atoms with van der Waals surface area (Å²) in [4.78, 5) is 26.3. The monoisotopic (exact) mass is 430 g/mol. The third-order valence-corrected chi connectivity index (χ3v) is 4.69. The summed E-state index contributed by atoms with van der Waals surface area (Å²) in [6.45, 7) is 8.92. The summed E-state index contributed by atoms with van der Waals surface area (Å²) in [5.41, 5.74) is -0.520. The Kier molecular flexibility index (Phi) is 7.84. The average Bonchev–Trinajstić information content (AvgIpc) is 2.57. The van der Waals surface area contributed by atoms with Crippen LogP contribution in [0.3, 0.4) is 0 Å². The van der Waals surface area contributed by atoms with Gasteiger partial charge in [0.1, 0.15) is 11.4 Å². The Hall–Kier alpha value is -1.66. The first kappa shape index (κ1) is 22.6. The molecule has 28 heavy (non-hydrogen) atoms. The van der Waals surface area contributed by atoms with Gasteiger partial charge in [0, 0.05) is 29.7 Å². The molecule has 1 aromatic rings. The number of benzene rings is 1. The molecule has 0 aromatic heterocycles. The van der Waals surface area contributed by atoms with Crippen LogP contribution in [0.25, 0.3) is 0 Å². The molecule has 2 amide bonds. The topological polar surface area (TPSA) is 67.9 Å². The molecule has 2 rings (SSSR count). The van der Waals surface area contributed by atoms with Gasteiger partial charge in [-0.3, -0.25) is 4.79 Å². The first-order valence-electron chi connectivity index (χ1n) is 9.42. The summed E-state index contributed by atoms with van der Waals surface area (Å²) in [6, 6.07) is 4.81. The van der Waals surface area contributed by atoms with Crippen LogP contribution in [0.2, 0.25) is 10.0 Å². The molecular weight excluding hydrogens is 403 g/mol. The number of halogens is 2. The predicted molar refractivity (Wildman–Crippen MR) is 110 cm³/mol. The average molecular weight is 431 g/mol. The number of hydrogen-bond acceptors (Lipinski definition) is 4. The van der Waals surface area contributed by atoms with Crippen molar-refractivity contribution in [3.8, 4) is 5.75 Å². The van der Waals surface area contributed by atoms with Crippen molar-refractivity contribution < 1.29 is 19.1 Å². The predicted octanol–water partition coefficient (Wildman–Crippen LogP) is 4.52. The van der Waals surface area contributed by atoms with E-state index in [4.69, 9.17) is 32.7 Å². The summed E-state index contributed by atoms with van der Waals surface area (Å²) in [7, 11) is 0. The van der Waals surface area contributed by atoms with E-state index in [-0.39, 0.29) is 17.9 Å². The van der Waals surface area contributed by atoms with Gasteiger partial charge in [0.2, 0.25) is 0 Å². The van der Waals surface area contributed by atoms with Crippen molar-refractivity contribution in [1.29, 1.82) is 0 Å². The summed E-state index contributed by atoms with van der Waals surface area (Å²) in [6.07, 6.45) is 0.823. The Morgan fingerprint density at radius 1 is 1.25 bits per heavy atom. The Balaban J connectivity index is 1.82. The lowest BCUT2D eigenvalue weighted by atomic mass is 9.98. The maximum absolute atomic E-state index is 12.4. The number of likely N-dealkylation sites (tertiary alicyclic amines) is 1. The molecule has 0 radical (unpaired) electrons. The first-order chi connectivity index (χ1) is 13.0. The molecule has 1 aromatic carbocycles. The standard InChI is InChI=1S/C20H28Cl2N2O4/c1-13(27-17-9-15(21)8-16(22)10-17)18(25)23-11-14-6-5-7-24(12-14)19(26)28-20(2,3)4/h8-10,13-14H,5-7,11-12H2,1-4H3,(H,23,25). The van der Waals surface area contributed by atoms with E-state index in [9.17, 15) is 9.59 Å². The van der Waals surface area contributed by atoms with Crippen molar-refractivity contribution in [1.82, 2.24) is 10.2 Å². The minimum Gasteiger partial charge on any atom is -0.481 e. The van der Waals surface area contributed by atoms with E-state index in [0.29, 0.717) is 35.4 Å². The van der Waals surface area contributed by atoms with Gasteiger partial charge in [-0.2, -0.15) is 0 Å². The number of ether oxygens (including phenoxy) is 2. The van der Waals surface area contributed by atoms with Gasteiger partial charge in [-0.1, -0.05) is 23.2 Å². The van der Waals surface area contributed by atoms with Crippen LogP contribution >= 0.6 is 23.2 Å². The van der Waals surface area contributed by atoms with Crippen LogP contribution in [-0.2, 0) is 9.53 Å². The lowest BCUT2D eigenvalue weighted by molar-refractivity contribution is -0.127. The number of rotatable bonds is 5. The first-order valence-corrected chi connectivity index (χ1v) is 10.2. The minimum atomic E-state index is -0.694. The SMILES string of the molecule is CC(Oc1cc(Cl)cc(Cl)c1)C(=O)NCC1CCCN(C(=O)OC(C)(C)C)C1. The molecule has 1 fully saturated rings. The molecule has 1 heterocycles. The minimum absolute atomic E-state index is 0.179. The van der Waals surface area contributed by atoms with Gasteiger partial charge in [-0.25, -0.2) is 4.79 Å². The van der Waals surface area contributed by atoms with Crippen molar-refractivity contribution in [3.63, 3.8) is 0 Å². The fourth-order valence-electron chi connectivity index (χ4n) is 2.97. The Morgan fingerprint density at radius 3 is 2.50 bits per heavy atom. The second-order valence-electron chi connectivity index (χ2n) is 8.04. The van der Waals surface area contributed by atoms with Crippen molar-refractivity contribution in [3.05, 3.63) is 28.2 Å². The van der Waals surface area contributed by atoms with Crippen molar-refractivity contribution in [2.45, 2.75) is 52.2 Å². The maximum atomic E-state index is 12.4. The highest BCUT2D eigenvalue weighted by atomic mass is 35.5. The lowest BCUT2D eigenvalue weighted by Crippen LogP contribution is -2.46. The highest BCUT2D eigenvalue weighted by Gasteiger charge is 2.28. The van der Waals surface area contributed by atoms with E-state index in [1.807, 2.05) is 20.8 Å².